The average Bonchev–Trinajstić information content (AvgIpc) is 2.84. The van der Waals surface area contributed by atoms with Crippen LogP contribution in [-0.2, 0) is 7.05 Å². The fraction of sp³-hybridized carbons (Fsp3) is 0.333. The summed E-state index contributed by atoms with van der Waals surface area (Å²) in [6, 6.07) is 3.59. The van der Waals surface area contributed by atoms with Crippen LogP contribution in [0.25, 0.3) is 0 Å². The zero-order valence-corrected chi connectivity index (χ0v) is 11.8. The van der Waals surface area contributed by atoms with Crippen molar-refractivity contribution < 1.29 is 14.6 Å². The van der Waals surface area contributed by atoms with Gasteiger partial charge in [0.05, 0.1) is 16.4 Å². The zero-order chi connectivity index (χ0) is 13.4. The lowest BCUT2D eigenvalue weighted by molar-refractivity contribution is 0.168. The molecule has 1 atom stereocenters. The van der Waals surface area contributed by atoms with Crippen LogP contribution in [0.3, 0.4) is 0 Å². The number of halogens is 1. The molecule has 2 heterocycles. The van der Waals surface area contributed by atoms with Crippen molar-refractivity contribution in [3.05, 3.63) is 34.1 Å². The second-order valence-electron chi connectivity index (χ2n) is 4.21. The normalized spacial score (nSPS) is 15.3. The third-order valence-electron chi connectivity index (χ3n) is 2.96. The highest BCUT2D eigenvalue weighted by Gasteiger charge is 2.21. The Morgan fingerprint density at radius 3 is 2.89 bits per heavy atom. The van der Waals surface area contributed by atoms with Crippen LogP contribution in [0.1, 0.15) is 17.4 Å². The van der Waals surface area contributed by atoms with Crippen molar-refractivity contribution in [1.82, 2.24) is 15.0 Å². The Morgan fingerprint density at radius 2 is 2.16 bits per heavy atom. The highest BCUT2D eigenvalue weighted by molar-refractivity contribution is 9.10. The van der Waals surface area contributed by atoms with Crippen molar-refractivity contribution in [3.63, 3.8) is 0 Å². The topological polar surface area (TPSA) is 69.4 Å². The largest absolute Gasteiger partial charge is 0.486 e. The first-order valence-corrected chi connectivity index (χ1v) is 6.58. The van der Waals surface area contributed by atoms with Crippen molar-refractivity contribution >= 4 is 15.9 Å². The molecule has 0 aliphatic carbocycles. The van der Waals surface area contributed by atoms with Gasteiger partial charge in [-0.2, -0.15) is 0 Å². The molecule has 1 unspecified atom stereocenters. The minimum absolute atomic E-state index is 0.506. The summed E-state index contributed by atoms with van der Waals surface area (Å²) in [5.41, 5.74) is 1.31. The summed E-state index contributed by atoms with van der Waals surface area (Å²) in [6.07, 6.45) is 0.724. The van der Waals surface area contributed by atoms with Crippen molar-refractivity contribution in [2.45, 2.75) is 6.10 Å². The molecule has 1 aromatic heterocycles. The predicted octanol–water partition coefficient (Wildman–Crippen LogP) is 1.43. The van der Waals surface area contributed by atoms with E-state index in [1.807, 2.05) is 6.07 Å². The molecule has 6 nitrogen and oxygen atoms in total. The smallest absolute Gasteiger partial charge is 0.175 e. The molecule has 19 heavy (non-hydrogen) atoms. The highest BCUT2D eigenvalue weighted by atomic mass is 79.9. The minimum Gasteiger partial charge on any atom is -0.486 e. The maximum absolute atomic E-state index is 10.4. The second-order valence-corrected chi connectivity index (χ2v) is 5.07. The van der Waals surface area contributed by atoms with Gasteiger partial charge < -0.3 is 14.6 Å². The molecule has 0 amide bonds. The lowest BCUT2D eigenvalue weighted by Gasteiger charge is -2.21. The lowest BCUT2D eigenvalue weighted by Crippen LogP contribution is -2.16. The molecule has 0 bridgehead atoms. The summed E-state index contributed by atoms with van der Waals surface area (Å²) in [6.45, 7) is 1.03. The molecule has 0 saturated heterocycles. The Balaban J connectivity index is 2.02. The van der Waals surface area contributed by atoms with Crippen LogP contribution in [0, 0.1) is 0 Å². The number of benzene rings is 1. The molecule has 1 aliphatic rings. The van der Waals surface area contributed by atoms with Gasteiger partial charge in [-0.1, -0.05) is 5.21 Å². The summed E-state index contributed by atoms with van der Waals surface area (Å²) >= 11 is 3.43. The van der Waals surface area contributed by atoms with Gasteiger partial charge in [0.15, 0.2) is 11.5 Å². The van der Waals surface area contributed by atoms with Gasteiger partial charge in [0.25, 0.3) is 0 Å². The zero-order valence-electron chi connectivity index (χ0n) is 10.2. The number of ether oxygens (including phenoxy) is 2. The summed E-state index contributed by atoms with van der Waals surface area (Å²) < 4.78 is 13.4. The van der Waals surface area contributed by atoms with E-state index in [-0.39, 0.29) is 0 Å². The third-order valence-corrected chi connectivity index (χ3v) is 3.55. The Hall–Kier alpha value is -1.60. The number of fused-ring (bicyclic) bond motifs is 1. The van der Waals surface area contributed by atoms with Gasteiger partial charge in [0.1, 0.15) is 19.3 Å². The SMILES string of the molecule is Cn1nncc1C(O)c1cc(Br)c2c(c1)OCCO2. The molecule has 1 aromatic carbocycles. The Labute approximate surface area is 118 Å². The van der Waals surface area contributed by atoms with E-state index in [2.05, 4.69) is 26.2 Å². The Bertz CT molecular complexity index is 614. The monoisotopic (exact) mass is 325 g/mol. The van der Waals surface area contributed by atoms with Gasteiger partial charge >= 0.3 is 0 Å². The van der Waals surface area contributed by atoms with Crippen LogP contribution < -0.4 is 9.47 Å². The lowest BCUT2D eigenvalue weighted by atomic mass is 10.1. The van der Waals surface area contributed by atoms with E-state index in [0.717, 1.165) is 4.47 Å². The van der Waals surface area contributed by atoms with E-state index in [0.29, 0.717) is 36.0 Å². The van der Waals surface area contributed by atoms with Crippen LogP contribution in [0.5, 0.6) is 11.5 Å². The first kappa shape index (κ1) is 12.4. The number of aliphatic hydroxyl groups excluding tert-OH is 1. The van der Waals surface area contributed by atoms with E-state index in [1.54, 1.807) is 13.1 Å². The second kappa shape index (κ2) is 4.82. The minimum atomic E-state index is -0.813. The van der Waals surface area contributed by atoms with Crippen molar-refractivity contribution in [1.29, 1.82) is 0 Å². The van der Waals surface area contributed by atoms with Gasteiger partial charge in [-0.3, -0.25) is 0 Å². The number of hydrogen-bond acceptors (Lipinski definition) is 5. The number of nitrogens with zero attached hydrogens (tertiary/aromatic N) is 3. The molecule has 0 spiro atoms. The van der Waals surface area contributed by atoms with Gasteiger partial charge in [0.2, 0.25) is 0 Å². The number of rotatable bonds is 2. The molecule has 1 aliphatic heterocycles. The van der Waals surface area contributed by atoms with Crippen LogP contribution in [0.4, 0.5) is 0 Å². The highest BCUT2D eigenvalue weighted by Crippen LogP contribution is 2.40. The Kier molecular flexibility index (Phi) is 3.16. The van der Waals surface area contributed by atoms with E-state index in [9.17, 15) is 5.11 Å². The summed E-state index contributed by atoms with van der Waals surface area (Å²) in [7, 11) is 1.73. The van der Waals surface area contributed by atoms with Crippen LogP contribution in [-0.4, -0.2) is 33.3 Å². The summed E-state index contributed by atoms with van der Waals surface area (Å²) in [5, 5.41) is 17.9. The fourth-order valence-electron chi connectivity index (χ4n) is 2.00. The van der Waals surface area contributed by atoms with Crippen molar-refractivity contribution in [2.75, 3.05) is 13.2 Å². The third kappa shape index (κ3) is 2.19. The van der Waals surface area contributed by atoms with Crippen LogP contribution in [0.2, 0.25) is 0 Å². The van der Waals surface area contributed by atoms with Crippen LogP contribution in [0.15, 0.2) is 22.8 Å². The fourth-order valence-corrected chi connectivity index (χ4v) is 2.58. The number of hydrogen-bond donors (Lipinski definition) is 1. The molecular formula is C12H12BrN3O3. The van der Waals surface area contributed by atoms with Crippen molar-refractivity contribution in [3.8, 4) is 11.5 Å². The van der Waals surface area contributed by atoms with Gasteiger partial charge in [-0.15, -0.1) is 5.10 Å². The van der Waals surface area contributed by atoms with E-state index in [4.69, 9.17) is 9.47 Å². The molecule has 100 valence electrons. The van der Waals surface area contributed by atoms with E-state index < -0.39 is 6.10 Å². The van der Waals surface area contributed by atoms with Crippen molar-refractivity contribution in [2.24, 2.45) is 7.05 Å². The average molecular weight is 326 g/mol. The molecule has 1 N–H and O–H groups in total. The summed E-state index contributed by atoms with van der Waals surface area (Å²) in [5.74, 6) is 1.30. The number of aryl methyl sites for hydroxylation is 1. The molecule has 7 heteroatoms. The maximum atomic E-state index is 10.4. The quantitative estimate of drug-likeness (QED) is 0.904. The van der Waals surface area contributed by atoms with E-state index in [1.165, 1.54) is 10.9 Å². The molecule has 2 aromatic rings. The van der Waals surface area contributed by atoms with Gasteiger partial charge in [-0.05, 0) is 33.6 Å². The van der Waals surface area contributed by atoms with Crippen LogP contribution >= 0.6 is 15.9 Å². The van der Waals surface area contributed by atoms with Gasteiger partial charge in [-0.25, -0.2) is 4.68 Å². The predicted molar refractivity (Wildman–Crippen MR) is 70.2 cm³/mol. The first-order chi connectivity index (χ1) is 9.16. The Morgan fingerprint density at radius 1 is 1.37 bits per heavy atom. The van der Waals surface area contributed by atoms with Gasteiger partial charge in [0, 0.05) is 7.05 Å². The summed E-state index contributed by atoms with van der Waals surface area (Å²) in [4.78, 5) is 0. The molecule has 0 radical (unpaired) electrons. The molecule has 0 fully saturated rings. The number of aliphatic hydroxyl groups is 1. The molecule has 0 saturated carbocycles. The molecule has 3 rings (SSSR count). The number of aromatic nitrogens is 3. The van der Waals surface area contributed by atoms with E-state index >= 15 is 0 Å². The first-order valence-electron chi connectivity index (χ1n) is 5.78. The standard InChI is InChI=1S/C12H12BrN3O3/c1-16-9(6-14-15-16)11(17)7-4-8(13)12-10(5-7)18-2-3-19-12/h4-6,11,17H,2-3H2,1H3. The molecular weight excluding hydrogens is 314 g/mol. The maximum Gasteiger partial charge on any atom is 0.175 e.